The zero-order chi connectivity index (χ0) is 16.4. The highest BCUT2D eigenvalue weighted by atomic mass is 16.6. The van der Waals surface area contributed by atoms with E-state index in [2.05, 4.69) is 10.2 Å². The molecule has 0 spiro atoms. The molecule has 132 valence electrons. The van der Waals surface area contributed by atoms with Crippen molar-refractivity contribution < 1.29 is 9.53 Å². The van der Waals surface area contributed by atoms with Gasteiger partial charge in [0.2, 0.25) is 0 Å². The van der Waals surface area contributed by atoms with Crippen LogP contribution in [0.15, 0.2) is 0 Å². The molecule has 2 atom stereocenters. The van der Waals surface area contributed by atoms with Gasteiger partial charge in [0, 0.05) is 25.7 Å². The summed E-state index contributed by atoms with van der Waals surface area (Å²) in [5, 5.41) is 3.14. The Morgan fingerprint density at radius 1 is 1.09 bits per heavy atom. The van der Waals surface area contributed by atoms with Crippen LogP contribution in [0.2, 0.25) is 0 Å². The summed E-state index contributed by atoms with van der Waals surface area (Å²) in [4.78, 5) is 14.7. The van der Waals surface area contributed by atoms with Crippen LogP contribution in [-0.2, 0) is 4.74 Å². The van der Waals surface area contributed by atoms with Gasteiger partial charge in [-0.3, -0.25) is 0 Å². The molecule has 1 heterocycles. The number of carbonyl (C=O) groups excluding carboxylic acids is 1. The lowest BCUT2D eigenvalue weighted by Gasteiger charge is -2.41. The lowest BCUT2D eigenvalue weighted by atomic mass is 9.83. The number of hydrogen-bond donors (Lipinski definition) is 1. The maximum absolute atomic E-state index is 12.1. The molecule has 3 aliphatic rings. The Kier molecular flexibility index (Phi) is 5.19. The van der Waals surface area contributed by atoms with E-state index in [0.29, 0.717) is 0 Å². The number of alkyl carbamates (subject to hydrolysis) is 1. The Labute approximate surface area is 141 Å². The molecule has 3 fully saturated rings. The average molecular weight is 322 g/mol. The average Bonchev–Trinajstić information content (AvgIpc) is 3.15. The first-order chi connectivity index (χ1) is 10.9. The number of carbonyl (C=O) groups is 1. The summed E-state index contributed by atoms with van der Waals surface area (Å²) in [6.45, 7) is 9.23. The van der Waals surface area contributed by atoms with Gasteiger partial charge in [-0.05, 0) is 64.2 Å². The van der Waals surface area contributed by atoms with Gasteiger partial charge in [0.25, 0.3) is 0 Å². The third-order valence-corrected chi connectivity index (χ3v) is 5.44. The molecule has 0 aromatic carbocycles. The van der Waals surface area contributed by atoms with Gasteiger partial charge in [-0.25, -0.2) is 4.79 Å². The first-order valence-electron chi connectivity index (χ1n) is 9.59. The van der Waals surface area contributed by atoms with Gasteiger partial charge in [0.15, 0.2) is 0 Å². The second-order valence-corrected chi connectivity index (χ2v) is 9.14. The van der Waals surface area contributed by atoms with Crippen molar-refractivity contribution in [2.75, 3.05) is 19.6 Å². The number of amides is 1. The number of ether oxygens (including phenoxy) is 1. The first kappa shape index (κ1) is 17.1. The summed E-state index contributed by atoms with van der Waals surface area (Å²) >= 11 is 0. The molecule has 1 aliphatic heterocycles. The van der Waals surface area contributed by atoms with Crippen molar-refractivity contribution in [2.24, 2.45) is 17.8 Å². The lowest BCUT2D eigenvalue weighted by Crippen LogP contribution is -2.53. The molecule has 1 amide bonds. The minimum atomic E-state index is -0.419. The van der Waals surface area contributed by atoms with Crippen molar-refractivity contribution >= 4 is 6.09 Å². The van der Waals surface area contributed by atoms with Gasteiger partial charge in [0.1, 0.15) is 5.60 Å². The molecule has 1 saturated heterocycles. The SMILES string of the molecule is CC(C)(C)OC(=O)NC1CC(CC2CC2)CN(CC2CCC2)C1. The Hall–Kier alpha value is -0.770. The fraction of sp³-hybridized carbons (Fsp3) is 0.947. The molecule has 2 unspecified atom stereocenters. The van der Waals surface area contributed by atoms with Crippen LogP contribution in [0.4, 0.5) is 4.79 Å². The van der Waals surface area contributed by atoms with E-state index in [1.807, 2.05) is 20.8 Å². The zero-order valence-corrected chi connectivity index (χ0v) is 15.1. The molecule has 0 bridgehead atoms. The lowest BCUT2D eigenvalue weighted by molar-refractivity contribution is 0.0420. The number of nitrogens with zero attached hydrogens (tertiary/aromatic N) is 1. The minimum Gasteiger partial charge on any atom is -0.444 e. The molecule has 2 aliphatic carbocycles. The number of rotatable bonds is 5. The van der Waals surface area contributed by atoms with Gasteiger partial charge in [-0.1, -0.05) is 19.3 Å². The third kappa shape index (κ3) is 5.66. The Bertz CT molecular complexity index is 410. The number of likely N-dealkylation sites (tertiary alicyclic amines) is 1. The van der Waals surface area contributed by atoms with E-state index < -0.39 is 5.60 Å². The summed E-state index contributed by atoms with van der Waals surface area (Å²) in [6.07, 6.45) is 9.26. The van der Waals surface area contributed by atoms with E-state index in [1.54, 1.807) is 0 Å². The molecule has 0 aromatic heterocycles. The predicted molar refractivity (Wildman–Crippen MR) is 92.4 cm³/mol. The molecule has 3 rings (SSSR count). The molecule has 4 nitrogen and oxygen atoms in total. The Morgan fingerprint density at radius 3 is 2.39 bits per heavy atom. The van der Waals surface area contributed by atoms with Crippen LogP contribution in [0.25, 0.3) is 0 Å². The molecule has 1 N–H and O–H groups in total. The Morgan fingerprint density at radius 2 is 1.83 bits per heavy atom. The fourth-order valence-electron chi connectivity index (χ4n) is 4.07. The maximum atomic E-state index is 12.1. The van der Waals surface area contributed by atoms with E-state index in [1.165, 1.54) is 51.6 Å². The smallest absolute Gasteiger partial charge is 0.407 e. The van der Waals surface area contributed by atoms with E-state index in [4.69, 9.17) is 4.74 Å². The molecule has 4 heteroatoms. The van der Waals surface area contributed by atoms with Crippen molar-refractivity contribution in [3.05, 3.63) is 0 Å². The van der Waals surface area contributed by atoms with Crippen LogP contribution in [0.1, 0.15) is 65.7 Å². The van der Waals surface area contributed by atoms with Crippen molar-refractivity contribution in [2.45, 2.75) is 77.4 Å². The summed E-state index contributed by atoms with van der Waals surface area (Å²) in [5.74, 6) is 2.61. The molecule has 23 heavy (non-hydrogen) atoms. The summed E-state index contributed by atoms with van der Waals surface area (Å²) in [6, 6.07) is 0.252. The molecule has 0 aromatic rings. The number of hydrogen-bond acceptors (Lipinski definition) is 3. The Balaban J connectivity index is 1.52. The summed E-state index contributed by atoms with van der Waals surface area (Å²) in [7, 11) is 0. The van der Waals surface area contributed by atoms with E-state index in [-0.39, 0.29) is 12.1 Å². The van der Waals surface area contributed by atoms with Crippen molar-refractivity contribution in [3.63, 3.8) is 0 Å². The van der Waals surface area contributed by atoms with Crippen molar-refractivity contribution in [1.29, 1.82) is 0 Å². The van der Waals surface area contributed by atoms with Gasteiger partial charge in [-0.15, -0.1) is 0 Å². The first-order valence-corrected chi connectivity index (χ1v) is 9.59. The van der Waals surface area contributed by atoms with Crippen LogP contribution in [0.5, 0.6) is 0 Å². The second kappa shape index (κ2) is 7.00. The van der Waals surface area contributed by atoms with Crippen LogP contribution in [0.3, 0.4) is 0 Å². The van der Waals surface area contributed by atoms with E-state index >= 15 is 0 Å². The van der Waals surface area contributed by atoms with Crippen molar-refractivity contribution in [3.8, 4) is 0 Å². The van der Waals surface area contributed by atoms with E-state index in [9.17, 15) is 4.79 Å². The normalized spacial score (nSPS) is 29.9. The summed E-state index contributed by atoms with van der Waals surface area (Å²) in [5.41, 5.74) is -0.419. The minimum absolute atomic E-state index is 0.252. The standard InChI is InChI=1S/C19H34N2O2/c1-19(2,3)23-18(22)20-17-10-16(9-14-7-8-14)12-21(13-17)11-15-5-4-6-15/h14-17H,4-13H2,1-3H3,(H,20,22). The molecule has 2 saturated carbocycles. The quantitative estimate of drug-likeness (QED) is 0.837. The van der Waals surface area contributed by atoms with Crippen LogP contribution in [0, 0.1) is 17.8 Å². The largest absolute Gasteiger partial charge is 0.444 e. The van der Waals surface area contributed by atoms with E-state index in [0.717, 1.165) is 30.7 Å². The van der Waals surface area contributed by atoms with Crippen LogP contribution in [-0.4, -0.2) is 42.3 Å². The zero-order valence-electron chi connectivity index (χ0n) is 15.1. The van der Waals surface area contributed by atoms with Gasteiger partial charge < -0.3 is 15.0 Å². The number of piperidine rings is 1. The summed E-state index contributed by atoms with van der Waals surface area (Å²) < 4.78 is 5.45. The molecular weight excluding hydrogens is 288 g/mol. The van der Waals surface area contributed by atoms with Gasteiger partial charge >= 0.3 is 6.09 Å². The number of nitrogens with one attached hydrogen (secondary N) is 1. The highest BCUT2D eigenvalue weighted by Crippen LogP contribution is 2.38. The van der Waals surface area contributed by atoms with Crippen LogP contribution >= 0.6 is 0 Å². The monoisotopic (exact) mass is 322 g/mol. The second-order valence-electron chi connectivity index (χ2n) is 9.14. The molecule has 0 radical (unpaired) electrons. The highest BCUT2D eigenvalue weighted by molar-refractivity contribution is 5.68. The van der Waals surface area contributed by atoms with Crippen molar-refractivity contribution in [1.82, 2.24) is 10.2 Å². The fourth-order valence-corrected chi connectivity index (χ4v) is 4.07. The topological polar surface area (TPSA) is 41.6 Å². The third-order valence-electron chi connectivity index (χ3n) is 5.44. The van der Waals surface area contributed by atoms with Crippen LogP contribution < -0.4 is 5.32 Å². The highest BCUT2D eigenvalue weighted by Gasteiger charge is 2.34. The molecular formula is C19H34N2O2. The van der Waals surface area contributed by atoms with Gasteiger partial charge in [0.05, 0.1) is 0 Å². The predicted octanol–water partition coefficient (Wildman–Crippen LogP) is 3.80. The maximum Gasteiger partial charge on any atom is 0.407 e. The van der Waals surface area contributed by atoms with Gasteiger partial charge in [-0.2, -0.15) is 0 Å².